The van der Waals surface area contributed by atoms with Gasteiger partial charge < -0.3 is 26.6 Å². The number of hydrogen-bond acceptors (Lipinski definition) is 5. The number of piperazine rings is 1. The highest BCUT2D eigenvalue weighted by atomic mass is 19.1. The van der Waals surface area contributed by atoms with Gasteiger partial charge >= 0.3 is 0 Å². The summed E-state index contributed by atoms with van der Waals surface area (Å²) in [4.78, 5) is 25.1. The summed E-state index contributed by atoms with van der Waals surface area (Å²) in [5.74, 6) is -0.386. The van der Waals surface area contributed by atoms with Crippen LogP contribution < -0.4 is 21.7 Å². The molecule has 0 bridgehead atoms. The van der Waals surface area contributed by atoms with Crippen LogP contribution in [0.25, 0.3) is 6.08 Å². The van der Waals surface area contributed by atoms with Crippen molar-refractivity contribution >= 4 is 29.8 Å². The van der Waals surface area contributed by atoms with E-state index in [0.717, 1.165) is 18.8 Å². The third-order valence-electron chi connectivity index (χ3n) is 4.99. The molecule has 5 N–H and O–H groups in total. The van der Waals surface area contributed by atoms with Gasteiger partial charge in [-0.05, 0) is 61.0 Å². The molecule has 31 heavy (non-hydrogen) atoms. The highest BCUT2D eigenvalue weighted by Crippen LogP contribution is 2.21. The number of nitrogens with one attached hydrogen (secondary N) is 3. The molecule has 1 aliphatic heterocycles. The molecule has 162 valence electrons. The van der Waals surface area contributed by atoms with Crippen molar-refractivity contribution in [3.8, 4) is 0 Å². The van der Waals surface area contributed by atoms with Crippen molar-refractivity contribution < 1.29 is 14.0 Å². The summed E-state index contributed by atoms with van der Waals surface area (Å²) >= 11 is 0. The van der Waals surface area contributed by atoms with E-state index in [2.05, 4.69) is 16.0 Å². The zero-order valence-corrected chi connectivity index (χ0v) is 17.3. The van der Waals surface area contributed by atoms with E-state index in [9.17, 15) is 14.0 Å². The van der Waals surface area contributed by atoms with Gasteiger partial charge in [0.2, 0.25) is 6.41 Å². The number of amides is 2. The summed E-state index contributed by atoms with van der Waals surface area (Å²) in [5.41, 5.74) is 9.69. The molecule has 7 nitrogen and oxygen atoms in total. The summed E-state index contributed by atoms with van der Waals surface area (Å²) in [6, 6.07) is 11.3. The summed E-state index contributed by atoms with van der Waals surface area (Å²) in [6.07, 6.45) is 3.86. The highest BCUT2D eigenvalue weighted by molar-refractivity contribution is 5.94. The van der Waals surface area contributed by atoms with Crippen molar-refractivity contribution in [2.75, 3.05) is 36.8 Å². The second kappa shape index (κ2) is 10.4. The van der Waals surface area contributed by atoms with Gasteiger partial charge in [0.15, 0.2) is 0 Å². The van der Waals surface area contributed by atoms with E-state index in [-0.39, 0.29) is 5.91 Å². The largest absolute Gasteiger partial charge is 0.397 e. The number of halogens is 1. The van der Waals surface area contributed by atoms with Crippen molar-refractivity contribution in [1.29, 1.82) is 0 Å². The Balaban J connectivity index is 1.67. The van der Waals surface area contributed by atoms with Gasteiger partial charge in [0.25, 0.3) is 5.91 Å². The number of anilines is 2. The molecule has 2 amide bonds. The van der Waals surface area contributed by atoms with Gasteiger partial charge in [-0.3, -0.25) is 9.59 Å². The first-order chi connectivity index (χ1) is 15.0. The molecule has 1 heterocycles. The smallest absolute Gasteiger partial charge is 0.253 e. The van der Waals surface area contributed by atoms with E-state index in [0.29, 0.717) is 47.6 Å². The topological polar surface area (TPSA) is 99.5 Å². The van der Waals surface area contributed by atoms with E-state index in [4.69, 9.17) is 5.73 Å². The monoisotopic (exact) mass is 423 g/mol. The third kappa shape index (κ3) is 5.93. The normalized spacial score (nSPS) is 14.8. The minimum absolute atomic E-state index is 0.0247. The SMILES string of the molecule is CC(=C\c1cc(F)ccc1NC=O)/C(N)=C/Nc1ccc(C(=O)N2CCNCC2)cc1. The van der Waals surface area contributed by atoms with Crippen molar-refractivity contribution in [2.24, 2.45) is 5.73 Å². The Bertz CT molecular complexity index is 996. The second-order valence-corrected chi connectivity index (χ2v) is 7.18. The number of nitrogens with two attached hydrogens (primary N) is 1. The van der Waals surface area contributed by atoms with E-state index in [1.54, 1.807) is 31.3 Å². The van der Waals surface area contributed by atoms with Crippen molar-refractivity contribution in [2.45, 2.75) is 6.92 Å². The van der Waals surface area contributed by atoms with E-state index in [1.165, 1.54) is 18.2 Å². The molecule has 1 saturated heterocycles. The summed E-state index contributed by atoms with van der Waals surface area (Å²) in [6.45, 7) is 4.83. The average Bonchev–Trinajstić information content (AvgIpc) is 2.79. The molecular formula is C23H26FN5O2. The van der Waals surface area contributed by atoms with Gasteiger partial charge in [0.1, 0.15) is 5.82 Å². The molecule has 0 atom stereocenters. The Morgan fingerprint density at radius 3 is 2.52 bits per heavy atom. The first-order valence-corrected chi connectivity index (χ1v) is 9.98. The lowest BCUT2D eigenvalue weighted by atomic mass is 10.1. The van der Waals surface area contributed by atoms with Gasteiger partial charge in [-0.2, -0.15) is 0 Å². The zero-order valence-electron chi connectivity index (χ0n) is 17.3. The first kappa shape index (κ1) is 22.0. The molecule has 1 fully saturated rings. The maximum atomic E-state index is 13.6. The molecule has 2 aromatic carbocycles. The molecule has 8 heteroatoms. The molecular weight excluding hydrogens is 397 g/mol. The third-order valence-corrected chi connectivity index (χ3v) is 4.99. The van der Waals surface area contributed by atoms with Gasteiger partial charge in [0.05, 0.1) is 5.70 Å². The van der Waals surface area contributed by atoms with E-state index >= 15 is 0 Å². The van der Waals surface area contributed by atoms with Crippen LogP contribution in [0.1, 0.15) is 22.8 Å². The Labute approximate surface area is 180 Å². The Morgan fingerprint density at radius 2 is 1.84 bits per heavy atom. The molecule has 0 aliphatic carbocycles. The summed E-state index contributed by atoms with van der Waals surface area (Å²) in [7, 11) is 0. The number of allylic oxidation sites excluding steroid dienone is 1. The van der Waals surface area contributed by atoms with Crippen molar-refractivity contribution in [1.82, 2.24) is 10.2 Å². The van der Waals surface area contributed by atoms with Gasteiger partial charge in [-0.25, -0.2) is 4.39 Å². The number of hydrogen-bond donors (Lipinski definition) is 4. The standard InChI is InChI=1S/C23H26FN5O2/c1-16(12-18-13-19(24)4-7-22(18)28-15-30)21(25)14-27-20-5-2-17(3-6-20)23(31)29-10-8-26-9-11-29/h2-7,12-15,26-27H,8-11,25H2,1H3,(H,28,30)/b16-12+,21-14-. The minimum Gasteiger partial charge on any atom is -0.397 e. The maximum Gasteiger partial charge on any atom is 0.253 e. The fourth-order valence-electron chi connectivity index (χ4n) is 3.20. The minimum atomic E-state index is -0.411. The molecule has 0 saturated carbocycles. The Hall–Kier alpha value is -3.65. The van der Waals surface area contributed by atoms with Crippen LogP contribution in [-0.2, 0) is 4.79 Å². The van der Waals surface area contributed by atoms with Gasteiger partial charge in [-0.1, -0.05) is 0 Å². The number of nitrogens with zero attached hydrogens (tertiary/aromatic N) is 1. The predicted molar refractivity (Wildman–Crippen MR) is 121 cm³/mol. The molecule has 2 aromatic rings. The molecule has 0 spiro atoms. The number of benzene rings is 2. The number of rotatable bonds is 7. The lowest BCUT2D eigenvalue weighted by Gasteiger charge is -2.27. The summed E-state index contributed by atoms with van der Waals surface area (Å²) < 4.78 is 13.6. The first-order valence-electron chi connectivity index (χ1n) is 9.98. The molecule has 1 aliphatic rings. The van der Waals surface area contributed by atoms with Crippen molar-refractivity contribution in [3.05, 3.63) is 76.9 Å². The number of carbonyl (C=O) groups is 2. The predicted octanol–water partition coefficient (Wildman–Crippen LogP) is 2.75. The fraction of sp³-hybridized carbons (Fsp3) is 0.217. The number of carbonyl (C=O) groups excluding carboxylic acids is 2. The van der Waals surface area contributed by atoms with Gasteiger partial charge in [-0.15, -0.1) is 0 Å². The van der Waals surface area contributed by atoms with Crippen LogP contribution in [-0.4, -0.2) is 43.4 Å². The molecule has 3 rings (SSSR count). The van der Waals surface area contributed by atoms with Crippen LogP contribution in [0, 0.1) is 5.82 Å². The molecule has 0 radical (unpaired) electrons. The average molecular weight is 423 g/mol. The second-order valence-electron chi connectivity index (χ2n) is 7.18. The Kier molecular flexibility index (Phi) is 7.40. The molecule has 0 unspecified atom stereocenters. The highest BCUT2D eigenvalue weighted by Gasteiger charge is 2.17. The van der Waals surface area contributed by atoms with E-state index < -0.39 is 5.82 Å². The fourth-order valence-corrected chi connectivity index (χ4v) is 3.20. The van der Waals surface area contributed by atoms with Crippen molar-refractivity contribution in [3.63, 3.8) is 0 Å². The van der Waals surface area contributed by atoms with Crippen LogP contribution in [0.5, 0.6) is 0 Å². The van der Waals surface area contributed by atoms with Crippen LogP contribution in [0.15, 0.2) is 59.9 Å². The maximum absolute atomic E-state index is 13.6. The quantitative estimate of drug-likeness (QED) is 0.405. The van der Waals surface area contributed by atoms with Crippen LogP contribution in [0.3, 0.4) is 0 Å². The van der Waals surface area contributed by atoms with Crippen LogP contribution in [0.4, 0.5) is 15.8 Å². The lowest BCUT2D eigenvalue weighted by Crippen LogP contribution is -2.46. The van der Waals surface area contributed by atoms with Crippen LogP contribution >= 0.6 is 0 Å². The summed E-state index contributed by atoms with van der Waals surface area (Å²) in [5, 5.41) is 8.87. The van der Waals surface area contributed by atoms with Crippen LogP contribution in [0.2, 0.25) is 0 Å². The Morgan fingerprint density at radius 1 is 1.13 bits per heavy atom. The van der Waals surface area contributed by atoms with Gasteiger partial charge in [0, 0.05) is 54.9 Å². The van der Waals surface area contributed by atoms with E-state index in [1.807, 2.05) is 17.0 Å². The lowest BCUT2D eigenvalue weighted by molar-refractivity contribution is -0.105. The molecule has 0 aromatic heterocycles. The zero-order chi connectivity index (χ0) is 22.2.